The van der Waals surface area contributed by atoms with Gasteiger partial charge in [0.25, 0.3) is 0 Å². The van der Waals surface area contributed by atoms with Crippen LogP contribution in [0.3, 0.4) is 0 Å². The molecule has 88 valence electrons. The molecule has 3 N–H and O–H groups in total. The third-order valence-electron chi connectivity index (χ3n) is 4.89. The van der Waals surface area contributed by atoms with Crippen molar-refractivity contribution in [1.82, 2.24) is 0 Å². The lowest BCUT2D eigenvalue weighted by molar-refractivity contribution is -0.150. The molecule has 3 heteroatoms. The molecule has 1 aliphatic rings. The molecule has 1 fully saturated rings. The van der Waals surface area contributed by atoms with E-state index in [0.29, 0.717) is 6.42 Å². The Balaban J connectivity index is 3.12. The molecule has 3 nitrogen and oxygen atoms in total. The smallest absolute Gasteiger partial charge is 0.312 e. The predicted octanol–water partition coefficient (Wildman–Crippen LogP) is 2.39. The molecule has 0 saturated heterocycles. The van der Waals surface area contributed by atoms with Gasteiger partial charge in [0.15, 0.2) is 0 Å². The molecule has 2 unspecified atom stereocenters. The highest BCUT2D eigenvalue weighted by molar-refractivity contribution is 5.82. The van der Waals surface area contributed by atoms with E-state index in [-0.39, 0.29) is 5.41 Å². The number of rotatable bonds is 5. The highest BCUT2D eigenvalue weighted by Gasteiger charge is 2.75. The Morgan fingerprint density at radius 2 is 1.87 bits per heavy atom. The van der Waals surface area contributed by atoms with Gasteiger partial charge in [-0.3, -0.25) is 4.79 Å². The minimum absolute atomic E-state index is 0.177. The van der Waals surface area contributed by atoms with Crippen molar-refractivity contribution in [1.29, 1.82) is 0 Å². The molecule has 15 heavy (non-hydrogen) atoms. The van der Waals surface area contributed by atoms with Gasteiger partial charge < -0.3 is 10.8 Å². The largest absolute Gasteiger partial charge is 0.481 e. The lowest BCUT2D eigenvalue weighted by Gasteiger charge is -2.37. The summed E-state index contributed by atoms with van der Waals surface area (Å²) in [6.07, 6.45) is 3.11. The van der Waals surface area contributed by atoms with E-state index in [9.17, 15) is 9.90 Å². The van der Waals surface area contributed by atoms with Gasteiger partial charge in [0, 0.05) is 5.54 Å². The van der Waals surface area contributed by atoms with Crippen molar-refractivity contribution in [3.63, 3.8) is 0 Å². The Morgan fingerprint density at radius 1 is 1.40 bits per heavy atom. The summed E-state index contributed by atoms with van der Waals surface area (Å²) >= 11 is 0. The van der Waals surface area contributed by atoms with E-state index in [2.05, 4.69) is 20.8 Å². The molecule has 1 rings (SSSR count). The number of carbonyl (C=O) groups is 1. The molecule has 0 heterocycles. The quantitative estimate of drug-likeness (QED) is 0.737. The Bertz CT molecular complexity index is 273. The lowest BCUT2D eigenvalue weighted by atomic mass is 9.67. The van der Waals surface area contributed by atoms with Gasteiger partial charge in [0.05, 0.1) is 5.41 Å². The van der Waals surface area contributed by atoms with E-state index in [4.69, 9.17) is 5.73 Å². The van der Waals surface area contributed by atoms with Crippen molar-refractivity contribution < 1.29 is 9.90 Å². The van der Waals surface area contributed by atoms with E-state index in [1.807, 2.05) is 6.92 Å². The second kappa shape index (κ2) is 3.48. The number of aliphatic carboxylic acids is 1. The standard InChI is InChI=1S/C12H23NO2/c1-5-10(4,6-2)12(9(14)15)8-11(12,13)7-3/h5-8,13H2,1-4H3,(H,14,15). The van der Waals surface area contributed by atoms with Crippen molar-refractivity contribution >= 4 is 5.97 Å². The van der Waals surface area contributed by atoms with Gasteiger partial charge in [0.2, 0.25) is 0 Å². The van der Waals surface area contributed by atoms with E-state index in [1.165, 1.54) is 0 Å². The maximum absolute atomic E-state index is 11.5. The van der Waals surface area contributed by atoms with Gasteiger partial charge in [0.1, 0.15) is 0 Å². The monoisotopic (exact) mass is 213 g/mol. The van der Waals surface area contributed by atoms with Crippen LogP contribution in [0, 0.1) is 10.8 Å². The van der Waals surface area contributed by atoms with Crippen LogP contribution in [0.4, 0.5) is 0 Å². The van der Waals surface area contributed by atoms with Crippen molar-refractivity contribution in [2.45, 2.75) is 58.9 Å². The maximum Gasteiger partial charge on any atom is 0.312 e. The highest BCUT2D eigenvalue weighted by atomic mass is 16.4. The number of carboxylic acids is 1. The number of nitrogens with two attached hydrogens (primary N) is 1. The van der Waals surface area contributed by atoms with Crippen LogP contribution in [0.1, 0.15) is 53.4 Å². The minimum Gasteiger partial charge on any atom is -0.481 e. The lowest BCUT2D eigenvalue weighted by Crippen LogP contribution is -2.45. The third-order valence-corrected chi connectivity index (χ3v) is 4.89. The fourth-order valence-electron chi connectivity index (χ4n) is 3.07. The first-order valence-corrected chi connectivity index (χ1v) is 5.86. The van der Waals surface area contributed by atoms with Crippen molar-refractivity contribution in [3.8, 4) is 0 Å². The summed E-state index contributed by atoms with van der Waals surface area (Å²) in [7, 11) is 0. The van der Waals surface area contributed by atoms with Gasteiger partial charge in [-0.15, -0.1) is 0 Å². The second-order valence-electron chi connectivity index (χ2n) is 5.16. The number of hydrogen-bond donors (Lipinski definition) is 2. The molecule has 0 spiro atoms. The number of hydrogen-bond acceptors (Lipinski definition) is 2. The maximum atomic E-state index is 11.5. The average molecular weight is 213 g/mol. The molecule has 0 aromatic carbocycles. The van der Waals surface area contributed by atoms with Gasteiger partial charge in [-0.2, -0.15) is 0 Å². The zero-order valence-corrected chi connectivity index (χ0v) is 10.3. The molecule has 0 aromatic heterocycles. The first-order chi connectivity index (χ1) is 6.83. The zero-order valence-electron chi connectivity index (χ0n) is 10.3. The SMILES string of the molecule is CCC(C)(CC)C1(C(=O)O)CC1(N)CC. The van der Waals surface area contributed by atoms with E-state index in [1.54, 1.807) is 0 Å². The van der Waals surface area contributed by atoms with Crippen LogP contribution in [-0.2, 0) is 4.79 Å². The zero-order chi connectivity index (χ0) is 11.9. The summed E-state index contributed by atoms with van der Waals surface area (Å²) in [5.41, 5.74) is 4.82. The van der Waals surface area contributed by atoms with Crippen molar-refractivity contribution in [2.24, 2.45) is 16.6 Å². The Labute approximate surface area is 92.0 Å². The number of carboxylic acid groups (broad SMARTS) is 1. The van der Waals surface area contributed by atoms with E-state index >= 15 is 0 Å². The normalized spacial score (nSPS) is 35.3. The van der Waals surface area contributed by atoms with Crippen LogP contribution in [0.15, 0.2) is 0 Å². The topological polar surface area (TPSA) is 63.3 Å². The summed E-state index contributed by atoms with van der Waals surface area (Å²) in [5, 5.41) is 9.49. The van der Waals surface area contributed by atoms with Gasteiger partial charge in [-0.25, -0.2) is 0 Å². The average Bonchev–Trinajstić information content (AvgIpc) is 2.87. The van der Waals surface area contributed by atoms with Crippen LogP contribution < -0.4 is 5.73 Å². The summed E-state index contributed by atoms with van der Waals surface area (Å²) in [5.74, 6) is -0.710. The Morgan fingerprint density at radius 3 is 2.07 bits per heavy atom. The molecule has 0 aromatic rings. The minimum atomic E-state index is -0.710. The first kappa shape index (κ1) is 12.5. The van der Waals surface area contributed by atoms with Crippen LogP contribution in [0.25, 0.3) is 0 Å². The van der Waals surface area contributed by atoms with Crippen molar-refractivity contribution in [3.05, 3.63) is 0 Å². The van der Waals surface area contributed by atoms with Crippen molar-refractivity contribution in [2.75, 3.05) is 0 Å². The summed E-state index contributed by atoms with van der Waals surface area (Å²) < 4.78 is 0. The fourth-order valence-corrected chi connectivity index (χ4v) is 3.07. The summed E-state index contributed by atoms with van der Waals surface area (Å²) in [6.45, 7) is 8.16. The first-order valence-electron chi connectivity index (χ1n) is 5.86. The molecular formula is C12H23NO2. The Kier molecular flexibility index (Phi) is 2.90. The van der Waals surface area contributed by atoms with Gasteiger partial charge >= 0.3 is 5.97 Å². The molecule has 1 saturated carbocycles. The van der Waals surface area contributed by atoms with Crippen LogP contribution in [0.2, 0.25) is 0 Å². The second-order valence-corrected chi connectivity index (χ2v) is 5.16. The van der Waals surface area contributed by atoms with Gasteiger partial charge in [-0.05, 0) is 31.1 Å². The Hall–Kier alpha value is -0.570. The molecular weight excluding hydrogens is 190 g/mol. The summed E-state index contributed by atoms with van der Waals surface area (Å²) in [6, 6.07) is 0. The molecule has 0 amide bonds. The molecule has 0 radical (unpaired) electrons. The highest BCUT2D eigenvalue weighted by Crippen LogP contribution is 2.68. The predicted molar refractivity (Wildman–Crippen MR) is 60.6 cm³/mol. The van der Waals surface area contributed by atoms with Gasteiger partial charge in [-0.1, -0.05) is 27.7 Å². The van der Waals surface area contributed by atoms with Crippen LogP contribution >= 0.6 is 0 Å². The molecule has 2 atom stereocenters. The molecule has 1 aliphatic carbocycles. The van der Waals surface area contributed by atoms with E-state index in [0.717, 1.165) is 19.3 Å². The van der Waals surface area contributed by atoms with E-state index < -0.39 is 16.9 Å². The summed E-state index contributed by atoms with van der Waals surface area (Å²) in [4.78, 5) is 11.5. The van der Waals surface area contributed by atoms with Crippen LogP contribution in [0.5, 0.6) is 0 Å². The fraction of sp³-hybridized carbons (Fsp3) is 0.917. The third kappa shape index (κ3) is 1.32. The molecule has 0 bridgehead atoms. The van der Waals surface area contributed by atoms with Crippen LogP contribution in [-0.4, -0.2) is 16.6 Å². The molecule has 0 aliphatic heterocycles.